The number of ether oxygens (including phenoxy) is 1. The zero-order valence-corrected chi connectivity index (χ0v) is 13.5. The molecule has 2 nitrogen and oxygen atoms in total. The highest BCUT2D eigenvalue weighted by molar-refractivity contribution is 5.82. The topological polar surface area (TPSA) is 26.3 Å². The minimum Gasteiger partial charge on any atom is -0.465 e. The molecule has 3 rings (SSSR count). The first kappa shape index (κ1) is 16.0. The van der Waals surface area contributed by atoms with Gasteiger partial charge in [0.2, 0.25) is 0 Å². The summed E-state index contributed by atoms with van der Waals surface area (Å²) in [6.07, 6.45) is 0.725. The van der Waals surface area contributed by atoms with Gasteiger partial charge in [0.1, 0.15) is 5.92 Å². The van der Waals surface area contributed by atoms with Gasteiger partial charge in [0, 0.05) is 6.42 Å². The smallest absolute Gasteiger partial charge is 0.317 e. The molecule has 0 aromatic heterocycles. The molecule has 0 amide bonds. The molecule has 3 aromatic carbocycles. The minimum atomic E-state index is -0.386. The van der Waals surface area contributed by atoms with Crippen molar-refractivity contribution >= 4 is 5.97 Å². The van der Waals surface area contributed by atoms with Crippen molar-refractivity contribution in [2.75, 3.05) is 6.61 Å². The molecule has 0 saturated carbocycles. The molecule has 0 unspecified atom stereocenters. The molecular weight excluding hydrogens is 296 g/mol. The molecule has 0 spiro atoms. The lowest BCUT2D eigenvalue weighted by molar-refractivity contribution is -0.144. The van der Waals surface area contributed by atoms with Crippen molar-refractivity contribution in [1.29, 1.82) is 0 Å². The van der Waals surface area contributed by atoms with Gasteiger partial charge in [-0.2, -0.15) is 0 Å². The molecule has 3 aromatic rings. The summed E-state index contributed by atoms with van der Waals surface area (Å²) in [5.41, 5.74) is 3.07. The van der Waals surface area contributed by atoms with Crippen molar-refractivity contribution in [2.24, 2.45) is 0 Å². The molecule has 0 aliphatic rings. The van der Waals surface area contributed by atoms with Crippen molar-refractivity contribution in [3.63, 3.8) is 0 Å². The van der Waals surface area contributed by atoms with Crippen molar-refractivity contribution < 1.29 is 9.53 Å². The Morgan fingerprint density at radius 2 is 1.17 bits per heavy atom. The van der Waals surface area contributed by atoms with Gasteiger partial charge in [-0.25, -0.2) is 0 Å². The lowest BCUT2D eigenvalue weighted by Crippen LogP contribution is -2.18. The van der Waals surface area contributed by atoms with E-state index in [1.807, 2.05) is 91.0 Å². The number of carbonyl (C=O) groups excluding carboxylic acids is 1. The summed E-state index contributed by atoms with van der Waals surface area (Å²) in [5, 5.41) is 0. The van der Waals surface area contributed by atoms with Crippen LogP contribution in [0.3, 0.4) is 0 Å². The van der Waals surface area contributed by atoms with E-state index in [1.165, 1.54) is 5.56 Å². The van der Waals surface area contributed by atoms with E-state index >= 15 is 0 Å². The number of esters is 1. The third-order valence-corrected chi connectivity index (χ3v) is 3.98. The molecule has 0 aliphatic carbocycles. The van der Waals surface area contributed by atoms with Crippen LogP contribution in [0.15, 0.2) is 91.0 Å². The molecule has 24 heavy (non-hydrogen) atoms. The monoisotopic (exact) mass is 316 g/mol. The highest BCUT2D eigenvalue weighted by Gasteiger charge is 2.23. The molecule has 0 N–H and O–H groups in total. The summed E-state index contributed by atoms with van der Waals surface area (Å²) in [6, 6.07) is 29.6. The molecule has 0 fully saturated rings. The van der Waals surface area contributed by atoms with Crippen LogP contribution in [0.1, 0.15) is 22.6 Å². The van der Waals surface area contributed by atoms with Crippen LogP contribution in [0.4, 0.5) is 0 Å². The Morgan fingerprint density at radius 1 is 0.708 bits per heavy atom. The predicted molar refractivity (Wildman–Crippen MR) is 95.8 cm³/mol. The van der Waals surface area contributed by atoms with Crippen LogP contribution in [0.25, 0.3) is 0 Å². The van der Waals surface area contributed by atoms with E-state index in [9.17, 15) is 4.79 Å². The number of carbonyl (C=O) groups is 1. The average molecular weight is 316 g/mol. The highest BCUT2D eigenvalue weighted by Crippen LogP contribution is 2.26. The first-order chi connectivity index (χ1) is 11.8. The molecule has 2 heteroatoms. The Morgan fingerprint density at radius 3 is 1.67 bits per heavy atom. The van der Waals surface area contributed by atoms with E-state index in [2.05, 4.69) is 0 Å². The number of rotatable bonds is 6. The van der Waals surface area contributed by atoms with Crippen molar-refractivity contribution in [3.05, 3.63) is 108 Å². The maximum atomic E-state index is 12.7. The van der Waals surface area contributed by atoms with Gasteiger partial charge in [-0.1, -0.05) is 91.0 Å². The van der Waals surface area contributed by atoms with Crippen LogP contribution in [0.2, 0.25) is 0 Å². The van der Waals surface area contributed by atoms with E-state index < -0.39 is 0 Å². The van der Waals surface area contributed by atoms with Crippen LogP contribution in [0.5, 0.6) is 0 Å². The normalized spacial score (nSPS) is 10.5. The first-order valence-corrected chi connectivity index (χ1v) is 8.15. The van der Waals surface area contributed by atoms with Crippen molar-refractivity contribution in [1.82, 2.24) is 0 Å². The molecule has 0 saturated heterocycles. The average Bonchev–Trinajstić information content (AvgIpc) is 2.65. The van der Waals surface area contributed by atoms with Gasteiger partial charge in [0.15, 0.2) is 0 Å². The van der Waals surface area contributed by atoms with Crippen LogP contribution < -0.4 is 0 Å². The Hall–Kier alpha value is -2.87. The molecule has 120 valence electrons. The van der Waals surface area contributed by atoms with E-state index in [1.54, 1.807) is 0 Å². The largest absolute Gasteiger partial charge is 0.465 e. The second-order valence-electron chi connectivity index (χ2n) is 5.66. The Balaban J connectivity index is 1.72. The van der Waals surface area contributed by atoms with Gasteiger partial charge in [-0.3, -0.25) is 4.79 Å². The van der Waals surface area contributed by atoms with Gasteiger partial charge in [-0.05, 0) is 16.7 Å². The van der Waals surface area contributed by atoms with E-state index in [4.69, 9.17) is 4.74 Å². The van der Waals surface area contributed by atoms with E-state index in [-0.39, 0.29) is 11.9 Å². The molecule has 0 bridgehead atoms. The minimum absolute atomic E-state index is 0.205. The standard InChI is InChI=1S/C22H20O2/c23-22(24-17-16-18-10-4-1-5-11-18)21(19-12-6-2-7-13-19)20-14-8-3-9-15-20/h1-15,21H,16-17H2. The Kier molecular flexibility index (Phi) is 5.41. The second kappa shape index (κ2) is 8.11. The van der Waals surface area contributed by atoms with Gasteiger partial charge in [0.05, 0.1) is 6.61 Å². The zero-order valence-electron chi connectivity index (χ0n) is 13.5. The second-order valence-corrected chi connectivity index (χ2v) is 5.66. The van der Waals surface area contributed by atoms with Gasteiger partial charge in [-0.15, -0.1) is 0 Å². The van der Waals surface area contributed by atoms with Crippen LogP contribution in [-0.2, 0) is 16.0 Å². The third-order valence-electron chi connectivity index (χ3n) is 3.98. The number of hydrogen-bond acceptors (Lipinski definition) is 2. The fourth-order valence-electron chi connectivity index (χ4n) is 2.75. The fourth-order valence-corrected chi connectivity index (χ4v) is 2.75. The zero-order chi connectivity index (χ0) is 16.6. The van der Waals surface area contributed by atoms with E-state index in [0.29, 0.717) is 6.61 Å². The first-order valence-electron chi connectivity index (χ1n) is 8.15. The summed E-state index contributed by atoms with van der Waals surface area (Å²) in [7, 11) is 0. The molecule has 0 radical (unpaired) electrons. The van der Waals surface area contributed by atoms with Crippen LogP contribution in [0, 0.1) is 0 Å². The maximum absolute atomic E-state index is 12.7. The number of hydrogen-bond donors (Lipinski definition) is 0. The van der Waals surface area contributed by atoms with Gasteiger partial charge < -0.3 is 4.74 Å². The molecule has 0 aliphatic heterocycles. The Bertz CT molecular complexity index is 712. The summed E-state index contributed by atoms with van der Waals surface area (Å²) in [5.74, 6) is -0.591. The van der Waals surface area contributed by atoms with Gasteiger partial charge >= 0.3 is 5.97 Å². The number of benzene rings is 3. The summed E-state index contributed by atoms with van der Waals surface area (Å²) < 4.78 is 5.58. The summed E-state index contributed by atoms with van der Waals surface area (Å²) in [4.78, 5) is 12.7. The van der Waals surface area contributed by atoms with E-state index in [0.717, 1.165) is 17.5 Å². The quantitative estimate of drug-likeness (QED) is 0.621. The maximum Gasteiger partial charge on any atom is 0.317 e. The predicted octanol–water partition coefficient (Wildman–Crippen LogP) is 4.60. The molecular formula is C22H20O2. The van der Waals surface area contributed by atoms with Crippen LogP contribution in [-0.4, -0.2) is 12.6 Å². The third kappa shape index (κ3) is 4.11. The lowest BCUT2D eigenvalue weighted by atomic mass is 9.91. The highest BCUT2D eigenvalue weighted by atomic mass is 16.5. The Labute approximate surface area is 142 Å². The van der Waals surface area contributed by atoms with Crippen molar-refractivity contribution in [3.8, 4) is 0 Å². The van der Waals surface area contributed by atoms with Crippen molar-refractivity contribution in [2.45, 2.75) is 12.3 Å². The fraction of sp³-hybridized carbons (Fsp3) is 0.136. The summed E-state index contributed by atoms with van der Waals surface area (Å²) >= 11 is 0. The molecule has 0 heterocycles. The molecule has 0 atom stereocenters. The van der Waals surface area contributed by atoms with Gasteiger partial charge in [0.25, 0.3) is 0 Å². The van der Waals surface area contributed by atoms with Crippen LogP contribution >= 0.6 is 0 Å². The summed E-state index contributed by atoms with van der Waals surface area (Å²) in [6.45, 7) is 0.388. The SMILES string of the molecule is O=C(OCCc1ccccc1)C(c1ccccc1)c1ccccc1. The lowest BCUT2D eigenvalue weighted by Gasteiger charge is -2.17.